The Kier molecular flexibility index (Phi) is 5.27. The molecular formula is C12H19N5O3. The number of methoxy groups -OCH3 is 1. The minimum atomic E-state index is -1.02. The summed E-state index contributed by atoms with van der Waals surface area (Å²) in [6, 6.07) is 0.699. The lowest BCUT2D eigenvalue weighted by atomic mass is 10.2. The number of hydrogen-bond donors (Lipinski definition) is 3. The number of rotatable bonds is 6. The van der Waals surface area contributed by atoms with Gasteiger partial charge in [-0.3, -0.25) is 9.59 Å². The van der Waals surface area contributed by atoms with Gasteiger partial charge in [-0.2, -0.15) is 0 Å². The standard InChI is InChI=1S/C12H19N5O3/c1-17(2)8-4-5-15-12(20-3)10(8)16-11(19)7(13)6-9(14)18/h4-5,7H,6,13H2,1-3H3,(H2,14,18)(H,16,19). The molecule has 2 amide bonds. The third-order valence-electron chi connectivity index (χ3n) is 2.58. The minimum absolute atomic E-state index is 0.230. The second-order valence-electron chi connectivity index (χ2n) is 4.37. The first kappa shape index (κ1) is 15.7. The molecule has 1 unspecified atom stereocenters. The summed E-state index contributed by atoms with van der Waals surface area (Å²) in [6.07, 6.45) is 1.33. The molecule has 1 aromatic rings. The molecule has 0 bridgehead atoms. The summed E-state index contributed by atoms with van der Waals surface area (Å²) in [5.74, 6) is -0.910. The quantitative estimate of drug-likeness (QED) is 0.633. The molecule has 0 radical (unpaired) electrons. The number of anilines is 2. The van der Waals surface area contributed by atoms with Gasteiger partial charge in [0.2, 0.25) is 17.7 Å². The number of pyridine rings is 1. The molecule has 0 aliphatic rings. The van der Waals surface area contributed by atoms with Crippen LogP contribution in [0.1, 0.15) is 6.42 Å². The summed E-state index contributed by atoms with van der Waals surface area (Å²) < 4.78 is 5.11. The van der Waals surface area contributed by atoms with E-state index in [1.165, 1.54) is 7.11 Å². The van der Waals surface area contributed by atoms with Gasteiger partial charge < -0.3 is 26.4 Å². The zero-order valence-electron chi connectivity index (χ0n) is 11.7. The topological polar surface area (TPSA) is 124 Å². The predicted octanol–water partition coefficient (Wildman–Crippen LogP) is -0.703. The molecule has 1 aromatic heterocycles. The summed E-state index contributed by atoms with van der Waals surface area (Å²) in [6.45, 7) is 0. The first-order valence-corrected chi connectivity index (χ1v) is 5.91. The first-order chi connectivity index (χ1) is 9.36. The summed E-state index contributed by atoms with van der Waals surface area (Å²) in [4.78, 5) is 28.5. The summed E-state index contributed by atoms with van der Waals surface area (Å²) in [5.41, 5.74) is 11.7. The van der Waals surface area contributed by atoms with Crippen LogP contribution in [0.4, 0.5) is 11.4 Å². The Bertz CT molecular complexity index is 504. The van der Waals surface area contributed by atoms with Crippen molar-refractivity contribution in [3.05, 3.63) is 12.3 Å². The lowest BCUT2D eigenvalue weighted by Gasteiger charge is -2.20. The Balaban J connectivity index is 3.01. The van der Waals surface area contributed by atoms with Crippen LogP contribution in [0.3, 0.4) is 0 Å². The number of nitrogens with one attached hydrogen (secondary N) is 1. The highest BCUT2D eigenvalue weighted by Gasteiger charge is 2.20. The SMILES string of the molecule is COc1nccc(N(C)C)c1NC(=O)C(N)CC(N)=O. The van der Waals surface area contributed by atoms with E-state index in [-0.39, 0.29) is 12.3 Å². The molecule has 1 atom stereocenters. The van der Waals surface area contributed by atoms with Crippen molar-refractivity contribution in [2.24, 2.45) is 11.5 Å². The van der Waals surface area contributed by atoms with Gasteiger partial charge in [0.25, 0.3) is 0 Å². The van der Waals surface area contributed by atoms with Gasteiger partial charge in [0.1, 0.15) is 5.69 Å². The van der Waals surface area contributed by atoms with Crippen LogP contribution in [0.25, 0.3) is 0 Å². The maximum atomic E-state index is 11.9. The number of nitrogens with two attached hydrogens (primary N) is 2. The molecular weight excluding hydrogens is 262 g/mol. The van der Waals surface area contributed by atoms with Gasteiger partial charge >= 0.3 is 0 Å². The van der Waals surface area contributed by atoms with Gasteiger partial charge in [-0.25, -0.2) is 4.98 Å². The smallest absolute Gasteiger partial charge is 0.242 e. The Labute approximate surface area is 117 Å². The normalized spacial score (nSPS) is 11.6. The lowest BCUT2D eigenvalue weighted by Crippen LogP contribution is -2.39. The molecule has 0 spiro atoms. The van der Waals surface area contributed by atoms with Crippen molar-refractivity contribution in [3.63, 3.8) is 0 Å². The fraction of sp³-hybridized carbons (Fsp3) is 0.417. The van der Waals surface area contributed by atoms with Gasteiger partial charge in [-0.05, 0) is 6.07 Å². The van der Waals surface area contributed by atoms with Crippen LogP contribution in [-0.2, 0) is 9.59 Å². The molecule has 8 nitrogen and oxygen atoms in total. The van der Waals surface area contributed by atoms with Crippen molar-refractivity contribution in [2.45, 2.75) is 12.5 Å². The third-order valence-corrected chi connectivity index (χ3v) is 2.58. The van der Waals surface area contributed by atoms with Crippen LogP contribution >= 0.6 is 0 Å². The molecule has 0 saturated heterocycles. The number of hydrogen-bond acceptors (Lipinski definition) is 6. The van der Waals surface area contributed by atoms with Crippen molar-refractivity contribution in [1.82, 2.24) is 4.98 Å². The van der Waals surface area contributed by atoms with E-state index >= 15 is 0 Å². The predicted molar refractivity (Wildman–Crippen MR) is 75.5 cm³/mol. The van der Waals surface area contributed by atoms with Gasteiger partial charge in [0.15, 0.2) is 0 Å². The number of carbonyl (C=O) groups excluding carboxylic acids is 2. The number of amides is 2. The number of primary amides is 1. The molecule has 5 N–H and O–H groups in total. The van der Waals surface area contributed by atoms with E-state index < -0.39 is 17.9 Å². The highest BCUT2D eigenvalue weighted by Crippen LogP contribution is 2.31. The van der Waals surface area contributed by atoms with Crippen LogP contribution < -0.4 is 26.4 Å². The Morgan fingerprint density at radius 1 is 1.50 bits per heavy atom. The zero-order valence-corrected chi connectivity index (χ0v) is 11.7. The van der Waals surface area contributed by atoms with Gasteiger partial charge in [-0.15, -0.1) is 0 Å². The zero-order chi connectivity index (χ0) is 15.3. The van der Waals surface area contributed by atoms with Gasteiger partial charge in [0, 0.05) is 20.3 Å². The fourth-order valence-corrected chi connectivity index (χ4v) is 1.60. The summed E-state index contributed by atoms with van der Waals surface area (Å²) in [5, 5.41) is 2.62. The van der Waals surface area contributed by atoms with Crippen molar-refractivity contribution >= 4 is 23.2 Å². The molecule has 8 heteroatoms. The highest BCUT2D eigenvalue weighted by molar-refractivity contribution is 6.00. The minimum Gasteiger partial charge on any atom is -0.479 e. The van der Waals surface area contributed by atoms with Crippen molar-refractivity contribution in [3.8, 4) is 5.88 Å². The van der Waals surface area contributed by atoms with Crippen molar-refractivity contribution in [2.75, 3.05) is 31.4 Å². The molecule has 110 valence electrons. The molecule has 0 aliphatic carbocycles. The fourth-order valence-electron chi connectivity index (χ4n) is 1.60. The number of aromatic nitrogens is 1. The molecule has 0 fully saturated rings. The van der Waals surface area contributed by atoms with E-state index in [1.54, 1.807) is 17.2 Å². The maximum Gasteiger partial charge on any atom is 0.242 e. The van der Waals surface area contributed by atoms with Crippen LogP contribution in [-0.4, -0.2) is 44.0 Å². The van der Waals surface area contributed by atoms with Crippen LogP contribution in [0.15, 0.2) is 12.3 Å². The van der Waals surface area contributed by atoms with E-state index in [1.807, 2.05) is 14.1 Å². The van der Waals surface area contributed by atoms with Crippen LogP contribution in [0.2, 0.25) is 0 Å². The Hall–Kier alpha value is -2.35. The van der Waals surface area contributed by atoms with E-state index in [0.29, 0.717) is 11.4 Å². The number of ether oxygens (including phenoxy) is 1. The first-order valence-electron chi connectivity index (χ1n) is 5.91. The van der Waals surface area contributed by atoms with E-state index in [4.69, 9.17) is 16.2 Å². The largest absolute Gasteiger partial charge is 0.479 e. The number of nitrogens with zero attached hydrogens (tertiary/aromatic N) is 2. The Morgan fingerprint density at radius 3 is 2.65 bits per heavy atom. The molecule has 1 heterocycles. The lowest BCUT2D eigenvalue weighted by molar-refractivity contribution is -0.123. The van der Waals surface area contributed by atoms with E-state index in [0.717, 1.165) is 0 Å². The van der Waals surface area contributed by atoms with Gasteiger partial charge in [-0.1, -0.05) is 0 Å². The van der Waals surface area contributed by atoms with Crippen molar-refractivity contribution in [1.29, 1.82) is 0 Å². The van der Waals surface area contributed by atoms with E-state index in [9.17, 15) is 9.59 Å². The summed E-state index contributed by atoms with van der Waals surface area (Å²) >= 11 is 0. The van der Waals surface area contributed by atoms with Gasteiger partial charge in [0.05, 0.1) is 25.3 Å². The van der Waals surface area contributed by atoms with E-state index in [2.05, 4.69) is 10.3 Å². The monoisotopic (exact) mass is 281 g/mol. The Morgan fingerprint density at radius 2 is 2.15 bits per heavy atom. The molecule has 1 rings (SSSR count). The molecule has 0 aromatic carbocycles. The second-order valence-corrected chi connectivity index (χ2v) is 4.37. The van der Waals surface area contributed by atoms with Crippen LogP contribution in [0, 0.1) is 0 Å². The molecule has 0 saturated carbocycles. The van der Waals surface area contributed by atoms with Crippen molar-refractivity contribution < 1.29 is 14.3 Å². The molecule has 20 heavy (non-hydrogen) atoms. The second kappa shape index (κ2) is 6.71. The average molecular weight is 281 g/mol. The third kappa shape index (κ3) is 3.82. The van der Waals surface area contributed by atoms with Crippen LogP contribution in [0.5, 0.6) is 5.88 Å². The average Bonchev–Trinajstić information content (AvgIpc) is 2.37. The maximum absolute atomic E-state index is 11.9. The number of carbonyl (C=O) groups is 2. The highest BCUT2D eigenvalue weighted by atomic mass is 16.5. The summed E-state index contributed by atoms with van der Waals surface area (Å²) in [7, 11) is 5.07. The molecule has 0 aliphatic heterocycles.